The zero-order chi connectivity index (χ0) is 12.1. The number of aromatic nitrogens is 2. The highest BCUT2D eigenvalue weighted by molar-refractivity contribution is 5.86. The van der Waals surface area contributed by atoms with Gasteiger partial charge in [0.1, 0.15) is 6.04 Å². The minimum absolute atomic E-state index is 0.177. The van der Waals surface area contributed by atoms with Gasteiger partial charge in [-0.15, -0.1) is 0 Å². The van der Waals surface area contributed by atoms with Gasteiger partial charge in [0.15, 0.2) is 0 Å². The Morgan fingerprint density at radius 1 is 1.44 bits per heavy atom. The monoisotopic (exact) mass is 225 g/mol. The van der Waals surface area contributed by atoms with Crippen molar-refractivity contribution in [1.82, 2.24) is 20.8 Å². The summed E-state index contributed by atoms with van der Waals surface area (Å²) >= 11 is 0. The van der Waals surface area contributed by atoms with E-state index >= 15 is 0 Å². The Morgan fingerprint density at radius 3 is 2.62 bits per heavy atom. The van der Waals surface area contributed by atoms with Crippen molar-refractivity contribution in [2.45, 2.75) is 25.9 Å². The SMILES string of the molecule is CC(NC(N)=O)C(=O)NC(C)c1cn[nH]c1. The number of nitrogens with zero attached hydrogens (tertiary/aromatic N) is 1. The van der Waals surface area contributed by atoms with Crippen LogP contribution in [0.1, 0.15) is 25.5 Å². The molecule has 0 radical (unpaired) electrons. The summed E-state index contributed by atoms with van der Waals surface area (Å²) in [5, 5.41) is 11.4. The van der Waals surface area contributed by atoms with Crippen molar-refractivity contribution in [2.75, 3.05) is 0 Å². The zero-order valence-corrected chi connectivity index (χ0v) is 9.15. The molecule has 2 unspecified atom stereocenters. The molecule has 0 saturated carbocycles. The van der Waals surface area contributed by atoms with E-state index in [0.29, 0.717) is 0 Å². The minimum Gasteiger partial charge on any atom is -0.352 e. The van der Waals surface area contributed by atoms with E-state index in [4.69, 9.17) is 5.73 Å². The summed E-state index contributed by atoms with van der Waals surface area (Å²) in [5.74, 6) is -0.299. The number of hydrogen-bond acceptors (Lipinski definition) is 3. The number of nitrogens with one attached hydrogen (secondary N) is 3. The van der Waals surface area contributed by atoms with Gasteiger partial charge in [0.2, 0.25) is 5.91 Å². The second-order valence-corrected chi connectivity index (χ2v) is 3.49. The number of urea groups is 1. The standard InChI is InChI=1S/C9H15N5O2/c1-5(7-3-11-12-4-7)13-8(15)6(2)14-9(10)16/h3-6H,1-2H3,(H,11,12)(H,13,15)(H3,10,14,16). The molecule has 88 valence electrons. The first-order valence-corrected chi connectivity index (χ1v) is 4.85. The van der Waals surface area contributed by atoms with Gasteiger partial charge in [-0.3, -0.25) is 9.89 Å². The predicted octanol–water partition coefficient (Wildman–Crippen LogP) is -0.356. The number of carbonyl (C=O) groups excluding carboxylic acids is 2. The number of hydrogen-bond donors (Lipinski definition) is 4. The third kappa shape index (κ3) is 3.26. The zero-order valence-electron chi connectivity index (χ0n) is 9.15. The number of primary amides is 1. The van der Waals surface area contributed by atoms with Crippen molar-refractivity contribution < 1.29 is 9.59 Å². The number of H-pyrrole nitrogens is 1. The summed E-state index contributed by atoms with van der Waals surface area (Å²) < 4.78 is 0. The topological polar surface area (TPSA) is 113 Å². The van der Waals surface area contributed by atoms with Gasteiger partial charge in [-0.2, -0.15) is 5.10 Å². The smallest absolute Gasteiger partial charge is 0.312 e. The first-order chi connectivity index (χ1) is 7.50. The van der Waals surface area contributed by atoms with Crippen LogP contribution in [0.15, 0.2) is 12.4 Å². The van der Waals surface area contributed by atoms with Gasteiger partial charge in [0, 0.05) is 11.8 Å². The summed E-state index contributed by atoms with van der Waals surface area (Å²) in [7, 11) is 0. The van der Waals surface area contributed by atoms with E-state index in [1.165, 1.54) is 0 Å². The van der Waals surface area contributed by atoms with E-state index in [-0.39, 0.29) is 11.9 Å². The maximum atomic E-state index is 11.6. The Hall–Kier alpha value is -2.05. The lowest BCUT2D eigenvalue weighted by Crippen LogP contribution is -2.47. The average Bonchev–Trinajstić information content (AvgIpc) is 2.68. The van der Waals surface area contributed by atoms with Crippen molar-refractivity contribution in [3.63, 3.8) is 0 Å². The summed E-state index contributed by atoms with van der Waals surface area (Å²) in [6.45, 7) is 3.38. The van der Waals surface area contributed by atoms with Crippen LogP contribution in [-0.4, -0.2) is 28.2 Å². The van der Waals surface area contributed by atoms with Gasteiger partial charge in [0.25, 0.3) is 0 Å². The molecule has 0 bridgehead atoms. The van der Waals surface area contributed by atoms with Crippen LogP contribution >= 0.6 is 0 Å². The average molecular weight is 225 g/mol. The summed E-state index contributed by atoms with van der Waals surface area (Å²) in [6, 6.07) is -1.56. The predicted molar refractivity (Wildman–Crippen MR) is 57.3 cm³/mol. The first-order valence-electron chi connectivity index (χ1n) is 4.85. The molecular weight excluding hydrogens is 210 g/mol. The molecule has 7 nitrogen and oxygen atoms in total. The van der Waals surface area contributed by atoms with E-state index in [9.17, 15) is 9.59 Å². The third-order valence-corrected chi connectivity index (χ3v) is 2.13. The normalized spacial score (nSPS) is 13.9. The summed E-state index contributed by atoms with van der Waals surface area (Å²) in [5.41, 5.74) is 5.77. The number of rotatable bonds is 4. The molecule has 0 saturated heterocycles. The van der Waals surface area contributed by atoms with Crippen LogP contribution in [0.25, 0.3) is 0 Å². The van der Waals surface area contributed by atoms with Crippen molar-refractivity contribution in [3.05, 3.63) is 18.0 Å². The van der Waals surface area contributed by atoms with E-state index in [0.717, 1.165) is 5.56 Å². The lowest BCUT2D eigenvalue weighted by Gasteiger charge is -2.16. The van der Waals surface area contributed by atoms with Gasteiger partial charge >= 0.3 is 6.03 Å². The van der Waals surface area contributed by atoms with Crippen LogP contribution in [-0.2, 0) is 4.79 Å². The van der Waals surface area contributed by atoms with Crippen LogP contribution in [0.4, 0.5) is 4.79 Å². The highest BCUT2D eigenvalue weighted by Crippen LogP contribution is 2.08. The molecule has 7 heteroatoms. The second kappa shape index (κ2) is 5.15. The number of aromatic amines is 1. The van der Waals surface area contributed by atoms with E-state index in [2.05, 4.69) is 20.8 Å². The fourth-order valence-corrected chi connectivity index (χ4v) is 1.20. The largest absolute Gasteiger partial charge is 0.352 e. The van der Waals surface area contributed by atoms with Crippen LogP contribution in [0.5, 0.6) is 0 Å². The fourth-order valence-electron chi connectivity index (χ4n) is 1.20. The number of amides is 3. The molecule has 1 rings (SSSR count). The van der Waals surface area contributed by atoms with Crippen molar-refractivity contribution in [3.8, 4) is 0 Å². The molecule has 16 heavy (non-hydrogen) atoms. The molecule has 0 aliphatic carbocycles. The Labute approximate surface area is 92.8 Å². The number of nitrogens with two attached hydrogens (primary N) is 1. The molecule has 1 aromatic heterocycles. The quantitative estimate of drug-likeness (QED) is 0.561. The summed E-state index contributed by atoms with van der Waals surface area (Å²) in [4.78, 5) is 22.1. The van der Waals surface area contributed by atoms with Crippen LogP contribution < -0.4 is 16.4 Å². The molecule has 1 aromatic rings. The van der Waals surface area contributed by atoms with Crippen LogP contribution in [0.2, 0.25) is 0 Å². The Balaban J connectivity index is 2.48. The molecule has 2 atom stereocenters. The Bertz CT molecular complexity index is 362. The highest BCUT2D eigenvalue weighted by Gasteiger charge is 2.17. The first kappa shape index (κ1) is 12.0. The van der Waals surface area contributed by atoms with Crippen LogP contribution in [0.3, 0.4) is 0 Å². The van der Waals surface area contributed by atoms with Gasteiger partial charge in [0.05, 0.1) is 12.2 Å². The fraction of sp³-hybridized carbons (Fsp3) is 0.444. The third-order valence-electron chi connectivity index (χ3n) is 2.13. The number of carbonyl (C=O) groups is 2. The van der Waals surface area contributed by atoms with E-state index < -0.39 is 12.1 Å². The van der Waals surface area contributed by atoms with E-state index in [1.54, 1.807) is 19.3 Å². The lowest BCUT2D eigenvalue weighted by atomic mass is 10.2. The Kier molecular flexibility index (Phi) is 3.87. The molecule has 0 aliphatic heterocycles. The van der Waals surface area contributed by atoms with Gasteiger partial charge in [-0.25, -0.2) is 4.79 Å². The van der Waals surface area contributed by atoms with Gasteiger partial charge < -0.3 is 16.4 Å². The maximum absolute atomic E-state index is 11.6. The van der Waals surface area contributed by atoms with Crippen molar-refractivity contribution in [1.29, 1.82) is 0 Å². The lowest BCUT2D eigenvalue weighted by molar-refractivity contribution is -0.123. The molecule has 0 aliphatic rings. The van der Waals surface area contributed by atoms with Crippen molar-refractivity contribution in [2.24, 2.45) is 5.73 Å². The molecule has 0 aromatic carbocycles. The molecule has 0 spiro atoms. The molecule has 3 amide bonds. The van der Waals surface area contributed by atoms with Crippen molar-refractivity contribution >= 4 is 11.9 Å². The minimum atomic E-state index is -0.724. The highest BCUT2D eigenvalue weighted by atomic mass is 16.2. The van der Waals surface area contributed by atoms with Gasteiger partial charge in [-0.05, 0) is 13.8 Å². The molecular formula is C9H15N5O2. The molecule has 5 N–H and O–H groups in total. The van der Waals surface area contributed by atoms with Gasteiger partial charge in [-0.1, -0.05) is 0 Å². The summed E-state index contributed by atoms with van der Waals surface area (Å²) in [6.07, 6.45) is 3.31. The van der Waals surface area contributed by atoms with E-state index in [1.807, 2.05) is 6.92 Å². The molecule has 1 heterocycles. The van der Waals surface area contributed by atoms with Crippen LogP contribution in [0, 0.1) is 0 Å². The maximum Gasteiger partial charge on any atom is 0.312 e. The Morgan fingerprint density at radius 2 is 2.12 bits per heavy atom. The second-order valence-electron chi connectivity index (χ2n) is 3.49. The molecule has 0 fully saturated rings.